The van der Waals surface area contributed by atoms with Crippen molar-refractivity contribution in [1.29, 1.82) is 0 Å². The summed E-state index contributed by atoms with van der Waals surface area (Å²) in [6.07, 6.45) is 7.82. The topological polar surface area (TPSA) is 106 Å². The lowest BCUT2D eigenvalue weighted by molar-refractivity contribution is -0.384. The number of nitrogens with zero attached hydrogens (tertiary/aromatic N) is 3. The molecule has 1 aromatic carbocycles. The molecule has 4 atom stereocenters. The maximum absolute atomic E-state index is 12.9. The number of carbonyl (C=O) groups excluding carboxylic acids is 2. The molecule has 150 valence electrons. The molecule has 1 saturated heterocycles. The number of furan rings is 1. The predicted molar refractivity (Wildman–Crippen MR) is 105 cm³/mol. The van der Waals surface area contributed by atoms with Crippen LogP contribution in [0.3, 0.4) is 0 Å². The van der Waals surface area contributed by atoms with Crippen LogP contribution in [0.15, 0.2) is 58.1 Å². The number of hydrogen-bond donors (Lipinski definition) is 0. The van der Waals surface area contributed by atoms with Crippen molar-refractivity contribution in [2.45, 2.75) is 12.8 Å². The molecule has 1 aromatic heterocycles. The SMILES string of the molecule is O=C1[C@@H]2[C@H](C(=O)N1/N=C\c1ccc(-c3ccc([N+](=O)[O-])cc3)o1)[C@@H]1C=C[C@@H]2C12CC2. The quantitative estimate of drug-likeness (QED) is 0.256. The minimum atomic E-state index is -0.462. The molecule has 8 nitrogen and oxygen atoms in total. The van der Waals surface area contributed by atoms with Gasteiger partial charge in [0.2, 0.25) is 0 Å². The third-order valence-corrected chi connectivity index (χ3v) is 7.12. The van der Waals surface area contributed by atoms with Crippen LogP contribution in [0.1, 0.15) is 18.6 Å². The standard InChI is InChI=1S/C22H17N3O5/c26-20-18-15-6-7-16(22(15)9-10-22)19(18)21(27)24(20)23-11-14-5-8-17(30-14)12-1-3-13(4-2-12)25(28)29/h1-8,11,15-16,18-19H,9-10H2/b23-11-/t15-,16-,18-,19+/m0/s1. The fraction of sp³-hybridized carbons (Fsp3) is 0.318. The largest absolute Gasteiger partial charge is 0.455 e. The highest BCUT2D eigenvalue weighted by Gasteiger charge is 2.73. The number of benzene rings is 1. The molecule has 2 aromatic rings. The molecule has 1 spiro atoms. The lowest BCUT2D eigenvalue weighted by Crippen LogP contribution is -2.30. The molecule has 2 saturated carbocycles. The van der Waals surface area contributed by atoms with Crippen LogP contribution in [-0.4, -0.2) is 28.0 Å². The summed E-state index contributed by atoms with van der Waals surface area (Å²) >= 11 is 0. The number of hydrazone groups is 1. The summed E-state index contributed by atoms with van der Waals surface area (Å²) < 4.78 is 5.71. The maximum Gasteiger partial charge on any atom is 0.269 e. The van der Waals surface area contributed by atoms with E-state index in [1.54, 1.807) is 24.3 Å². The molecule has 0 N–H and O–H groups in total. The molecule has 4 aliphatic rings. The van der Waals surface area contributed by atoms with Gasteiger partial charge >= 0.3 is 0 Å². The molecule has 3 fully saturated rings. The zero-order valence-electron chi connectivity index (χ0n) is 15.8. The Kier molecular flexibility index (Phi) is 3.32. The second kappa shape index (κ2) is 5.75. The van der Waals surface area contributed by atoms with Gasteiger partial charge in [-0.25, -0.2) is 0 Å². The Balaban J connectivity index is 1.21. The maximum atomic E-state index is 12.9. The number of nitro benzene ring substituents is 1. The van der Waals surface area contributed by atoms with Gasteiger partial charge in [-0.3, -0.25) is 19.7 Å². The fourth-order valence-corrected chi connectivity index (χ4v) is 5.62. The van der Waals surface area contributed by atoms with E-state index in [-0.39, 0.29) is 46.6 Å². The van der Waals surface area contributed by atoms with Crippen molar-refractivity contribution in [3.05, 3.63) is 64.4 Å². The highest BCUT2D eigenvalue weighted by Crippen LogP contribution is 2.73. The zero-order valence-corrected chi connectivity index (χ0v) is 15.8. The van der Waals surface area contributed by atoms with E-state index >= 15 is 0 Å². The number of hydrogen-bond acceptors (Lipinski definition) is 6. The van der Waals surface area contributed by atoms with Crippen LogP contribution in [0.25, 0.3) is 11.3 Å². The molecule has 2 bridgehead atoms. The third-order valence-electron chi connectivity index (χ3n) is 7.12. The molecule has 0 unspecified atom stereocenters. The van der Waals surface area contributed by atoms with Gasteiger partial charge in [-0.15, -0.1) is 0 Å². The minimum absolute atomic E-state index is 0.000123. The van der Waals surface area contributed by atoms with E-state index in [2.05, 4.69) is 17.3 Å². The Morgan fingerprint density at radius 2 is 1.67 bits per heavy atom. The number of non-ortho nitro benzene ring substituents is 1. The minimum Gasteiger partial charge on any atom is -0.455 e. The van der Waals surface area contributed by atoms with E-state index in [0.29, 0.717) is 17.1 Å². The average Bonchev–Trinajstić information content (AvgIpc) is 3.03. The van der Waals surface area contributed by atoms with Crippen LogP contribution in [0.4, 0.5) is 5.69 Å². The highest BCUT2D eigenvalue weighted by molar-refractivity contribution is 6.07. The summed E-state index contributed by atoms with van der Waals surface area (Å²) in [4.78, 5) is 36.1. The molecule has 8 heteroatoms. The Labute approximate surface area is 171 Å². The number of amides is 2. The normalized spacial score (nSPS) is 30.1. The van der Waals surface area contributed by atoms with E-state index < -0.39 is 4.92 Å². The van der Waals surface area contributed by atoms with Gasteiger partial charge in [-0.05, 0) is 54.4 Å². The number of nitro groups is 1. The second-order valence-corrected chi connectivity index (χ2v) is 8.46. The third kappa shape index (κ3) is 2.18. The van der Waals surface area contributed by atoms with Crippen LogP contribution in [0.5, 0.6) is 0 Å². The van der Waals surface area contributed by atoms with E-state index in [4.69, 9.17) is 4.42 Å². The van der Waals surface area contributed by atoms with E-state index in [1.807, 2.05) is 0 Å². The summed E-state index contributed by atoms with van der Waals surface area (Å²) in [6.45, 7) is 0. The van der Waals surface area contributed by atoms with Gasteiger partial charge in [0, 0.05) is 17.7 Å². The van der Waals surface area contributed by atoms with E-state index in [9.17, 15) is 19.7 Å². The Morgan fingerprint density at radius 1 is 1.03 bits per heavy atom. The first-order valence-electron chi connectivity index (χ1n) is 9.94. The summed E-state index contributed by atoms with van der Waals surface area (Å²) in [6, 6.07) is 9.40. The van der Waals surface area contributed by atoms with Crippen LogP contribution in [-0.2, 0) is 9.59 Å². The van der Waals surface area contributed by atoms with E-state index in [1.165, 1.54) is 18.3 Å². The fourth-order valence-electron chi connectivity index (χ4n) is 5.62. The second-order valence-electron chi connectivity index (χ2n) is 8.46. The number of rotatable bonds is 4. The first-order valence-corrected chi connectivity index (χ1v) is 9.94. The number of imide groups is 1. The summed E-state index contributed by atoms with van der Waals surface area (Å²) in [5.74, 6) is 0.251. The van der Waals surface area contributed by atoms with Crippen molar-refractivity contribution in [1.82, 2.24) is 5.01 Å². The van der Waals surface area contributed by atoms with Crippen LogP contribution < -0.4 is 0 Å². The summed E-state index contributed by atoms with van der Waals surface area (Å²) in [5, 5.41) is 15.9. The van der Waals surface area contributed by atoms with Gasteiger partial charge in [0.25, 0.3) is 17.5 Å². The lowest BCUT2D eigenvalue weighted by Gasteiger charge is -2.18. The molecule has 2 heterocycles. The van der Waals surface area contributed by atoms with Gasteiger partial charge in [-0.1, -0.05) is 12.2 Å². The van der Waals surface area contributed by atoms with Crippen molar-refractivity contribution in [3.63, 3.8) is 0 Å². The van der Waals surface area contributed by atoms with Crippen molar-refractivity contribution in [2.24, 2.45) is 34.2 Å². The molecule has 6 rings (SSSR count). The Bertz CT molecular complexity index is 1120. The highest BCUT2D eigenvalue weighted by atomic mass is 16.6. The molecule has 2 amide bonds. The van der Waals surface area contributed by atoms with Crippen LogP contribution in [0.2, 0.25) is 0 Å². The monoisotopic (exact) mass is 403 g/mol. The summed E-state index contributed by atoms with van der Waals surface area (Å²) in [7, 11) is 0. The summed E-state index contributed by atoms with van der Waals surface area (Å²) in [5.41, 5.74) is 0.845. The van der Waals surface area contributed by atoms with Gasteiger partial charge in [0.1, 0.15) is 11.5 Å². The van der Waals surface area contributed by atoms with Crippen molar-refractivity contribution in [2.75, 3.05) is 0 Å². The molecule has 3 aliphatic carbocycles. The molecule has 0 radical (unpaired) electrons. The lowest BCUT2D eigenvalue weighted by atomic mass is 9.85. The van der Waals surface area contributed by atoms with Gasteiger partial charge < -0.3 is 4.42 Å². The Hall–Kier alpha value is -3.55. The smallest absolute Gasteiger partial charge is 0.269 e. The molecular weight excluding hydrogens is 386 g/mol. The van der Waals surface area contributed by atoms with Crippen molar-refractivity contribution in [3.8, 4) is 11.3 Å². The van der Waals surface area contributed by atoms with Gasteiger partial charge in [0.15, 0.2) is 0 Å². The molecule has 1 aliphatic heterocycles. The Morgan fingerprint density at radius 3 is 2.23 bits per heavy atom. The van der Waals surface area contributed by atoms with Gasteiger partial charge in [0.05, 0.1) is 23.0 Å². The number of allylic oxidation sites excluding steroid dienone is 2. The zero-order chi connectivity index (χ0) is 20.6. The molecular formula is C22H17N3O5. The number of carbonyl (C=O) groups is 2. The first kappa shape index (κ1) is 17.3. The average molecular weight is 403 g/mol. The van der Waals surface area contributed by atoms with E-state index in [0.717, 1.165) is 17.9 Å². The van der Waals surface area contributed by atoms with Crippen molar-refractivity contribution >= 4 is 23.7 Å². The van der Waals surface area contributed by atoms with Gasteiger partial charge in [-0.2, -0.15) is 10.1 Å². The van der Waals surface area contributed by atoms with Crippen molar-refractivity contribution < 1.29 is 18.9 Å². The van der Waals surface area contributed by atoms with Crippen LogP contribution >= 0.6 is 0 Å². The predicted octanol–water partition coefficient (Wildman–Crippen LogP) is 3.39. The number of fused-ring (bicyclic) bond motifs is 3. The van der Waals surface area contributed by atoms with Crippen LogP contribution in [0, 0.1) is 39.2 Å². The molecule has 30 heavy (non-hydrogen) atoms. The first-order chi connectivity index (χ1) is 14.5.